The van der Waals surface area contributed by atoms with E-state index in [1.165, 1.54) is 4.57 Å². The van der Waals surface area contributed by atoms with Crippen LogP contribution in [0.3, 0.4) is 0 Å². The predicted octanol–water partition coefficient (Wildman–Crippen LogP) is 1.69. The Labute approximate surface area is 191 Å². The van der Waals surface area contributed by atoms with Crippen LogP contribution in [-0.2, 0) is 24.4 Å². The maximum absolute atomic E-state index is 13.3. The van der Waals surface area contributed by atoms with Crippen LogP contribution in [0.5, 0.6) is 0 Å². The number of hydrogen-bond acceptors (Lipinski definition) is 5. The fourth-order valence-corrected chi connectivity index (χ4v) is 3.46. The molecule has 2 heterocycles. The molecule has 1 aromatic carbocycles. The van der Waals surface area contributed by atoms with Crippen molar-refractivity contribution in [1.29, 1.82) is 0 Å². The first kappa shape index (κ1) is 24.0. The van der Waals surface area contributed by atoms with Crippen molar-refractivity contribution in [1.82, 2.24) is 29.3 Å². The van der Waals surface area contributed by atoms with Crippen molar-refractivity contribution in [2.24, 2.45) is 5.92 Å². The van der Waals surface area contributed by atoms with Crippen LogP contribution in [0.1, 0.15) is 39.7 Å². The molecule has 0 saturated heterocycles. The lowest BCUT2D eigenvalue weighted by atomic mass is 10.1. The average Bonchev–Trinajstić information content (AvgIpc) is 3.17. The Morgan fingerprint density at radius 3 is 2.36 bits per heavy atom. The van der Waals surface area contributed by atoms with Crippen molar-refractivity contribution < 1.29 is 9.59 Å². The van der Waals surface area contributed by atoms with Crippen LogP contribution in [0.2, 0.25) is 0 Å². The van der Waals surface area contributed by atoms with Gasteiger partial charge in [0.15, 0.2) is 11.2 Å². The fraction of sp³-hybridized carbons (Fsp3) is 0.435. The second kappa shape index (κ2) is 10.3. The highest BCUT2D eigenvalue weighted by molar-refractivity contribution is 5.94. The van der Waals surface area contributed by atoms with Crippen LogP contribution in [-0.4, -0.2) is 36.7 Å². The summed E-state index contributed by atoms with van der Waals surface area (Å²) < 4.78 is 3.97. The van der Waals surface area contributed by atoms with E-state index < -0.39 is 29.7 Å². The molecule has 3 aromatic rings. The number of aryl methyl sites for hydroxylation is 1. The number of hydrogen-bond donors (Lipinski definition) is 2. The van der Waals surface area contributed by atoms with Gasteiger partial charge in [0.05, 0.1) is 12.9 Å². The first-order valence-corrected chi connectivity index (χ1v) is 11.0. The molecule has 0 bridgehead atoms. The average molecular weight is 455 g/mol. The number of benzene rings is 1. The van der Waals surface area contributed by atoms with E-state index in [0.29, 0.717) is 12.5 Å². The van der Waals surface area contributed by atoms with Gasteiger partial charge in [-0.05, 0) is 31.7 Å². The molecule has 0 saturated carbocycles. The van der Waals surface area contributed by atoms with Gasteiger partial charge in [-0.25, -0.2) is 19.1 Å². The second-order valence-corrected chi connectivity index (χ2v) is 8.71. The van der Waals surface area contributed by atoms with Gasteiger partial charge in [-0.3, -0.25) is 19.5 Å². The van der Waals surface area contributed by atoms with Crippen LogP contribution in [0, 0.1) is 5.92 Å². The van der Waals surface area contributed by atoms with Gasteiger partial charge in [0.25, 0.3) is 5.56 Å². The summed E-state index contributed by atoms with van der Waals surface area (Å²) >= 11 is 0. The Morgan fingerprint density at radius 1 is 1.03 bits per heavy atom. The van der Waals surface area contributed by atoms with E-state index >= 15 is 0 Å². The van der Waals surface area contributed by atoms with Crippen LogP contribution in [0.15, 0.2) is 46.2 Å². The molecular formula is C23H30N6O4. The topological polar surface area (TPSA) is 120 Å². The van der Waals surface area contributed by atoms with Crippen molar-refractivity contribution in [2.45, 2.75) is 59.8 Å². The second-order valence-electron chi connectivity index (χ2n) is 8.71. The third-order valence-corrected chi connectivity index (χ3v) is 5.09. The number of nitrogens with one attached hydrogen (secondary N) is 2. The minimum absolute atomic E-state index is 0.171. The predicted molar refractivity (Wildman–Crippen MR) is 125 cm³/mol. The van der Waals surface area contributed by atoms with Crippen LogP contribution in [0.25, 0.3) is 11.2 Å². The molecule has 2 N–H and O–H groups in total. The number of rotatable bonds is 8. The molecule has 0 aliphatic rings. The van der Waals surface area contributed by atoms with Crippen LogP contribution >= 0.6 is 0 Å². The van der Waals surface area contributed by atoms with Gasteiger partial charge in [0.1, 0.15) is 6.54 Å². The van der Waals surface area contributed by atoms with Crippen LogP contribution < -0.4 is 21.9 Å². The third kappa shape index (κ3) is 5.76. The highest BCUT2D eigenvalue weighted by Crippen LogP contribution is 2.12. The summed E-state index contributed by atoms with van der Waals surface area (Å²) in [5.74, 6) is -0.351. The standard InChI is InChI=1S/C23H30N6O4/c1-15(2)10-11-27-14-24-20-19(27)21(31)29(13-18(30)26-22(32)25-16(3)4)23(33)28(20)12-17-8-6-5-7-9-17/h5-9,14-16H,10-13H2,1-4H3,(H2,25,26,30,32). The molecular weight excluding hydrogens is 424 g/mol. The van der Waals surface area contributed by atoms with Crippen molar-refractivity contribution in [3.8, 4) is 0 Å². The smallest absolute Gasteiger partial charge is 0.333 e. The number of imidazole rings is 1. The van der Waals surface area contributed by atoms with E-state index in [1.807, 2.05) is 30.3 Å². The molecule has 0 fully saturated rings. The number of carbonyl (C=O) groups is 2. The van der Waals surface area contributed by atoms with Gasteiger partial charge in [-0.2, -0.15) is 0 Å². The van der Waals surface area contributed by atoms with E-state index in [1.54, 1.807) is 24.7 Å². The van der Waals surface area contributed by atoms with E-state index in [0.717, 1.165) is 16.6 Å². The third-order valence-electron chi connectivity index (χ3n) is 5.09. The Hall–Kier alpha value is -3.69. The SMILES string of the molecule is CC(C)CCn1cnc2c1c(=O)n(CC(=O)NC(=O)NC(C)C)c(=O)n2Cc1ccccc1. The van der Waals surface area contributed by atoms with E-state index in [2.05, 4.69) is 29.5 Å². The summed E-state index contributed by atoms with van der Waals surface area (Å²) in [6.07, 6.45) is 2.37. The number of fused-ring (bicyclic) bond motifs is 1. The Balaban J connectivity index is 2.06. The van der Waals surface area contributed by atoms with Gasteiger partial charge >= 0.3 is 11.7 Å². The zero-order chi connectivity index (χ0) is 24.1. The Kier molecular flexibility index (Phi) is 7.47. The number of urea groups is 1. The molecule has 0 atom stereocenters. The number of nitrogens with zero attached hydrogens (tertiary/aromatic N) is 4. The molecule has 176 valence electrons. The van der Waals surface area contributed by atoms with Crippen LogP contribution in [0.4, 0.5) is 4.79 Å². The van der Waals surface area contributed by atoms with Gasteiger partial charge in [0, 0.05) is 12.6 Å². The number of aromatic nitrogens is 4. The Bertz CT molecular complexity index is 1250. The van der Waals surface area contributed by atoms with Gasteiger partial charge in [-0.15, -0.1) is 0 Å². The summed E-state index contributed by atoms with van der Waals surface area (Å²) in [6, 6.07) is 8.46. The molecule has 0 unspecified atom stereocenters. The van der Waals surface area contributed by atoms with E-state index in [4.69, 9.17) is 0 Å². The molecule has 0 radical (unpaired) electrons. The number of carbonyl (C=O) groups excluding carboxylic acids is 2. The lowest BCUT2D eigenvalue weighted by molar-refractivity contribution is -0.120. The van der Waals surface area contributed by atoms with Crippen molar-refractivity contribution >= 4 is 23.1 Å². The molecule has 0 spiro atoms. The normalized spacial score (nSPS) is 11.3. The van der Waals surface area contributed by atoms with Gasteiger partial charge in [-0.1, -0.05) is 44.2 Å². The van der Waals surface area contributed by atoms with Crippen molar-refractivity contribution in [2.75, 3.05) is 0 Å². The minimum atomic E-state index is -0.758. The molecule has 3 rings (SSSR count). The summed E-state index contributed by atoms with van der Waals surface area (Å²) in [4.78, 5) is 55.3. The molecule has 10 heteroatoms. The molecule has 33 heavy (non-hydrogen) atoms. The quantitative estimate of drug-likeness (QED) is 0.537. The zero-order valence-electron chi connectivity index (χ0n) is 19.4. The maximum atomic E-state index is 13.3. The van der Waals surface area contributed by atoms with Crippen molar-refractivity contribution in [3.63, 3.8) is 0 Å². The minimum Gasteiger partial charge on any atom is -0.336 e. The van der Waals surface area contributed by atoms with E-state index in [9.17, 15) is 19.2 Å². The van der Waals surface area contributed by atoms with E-state index in [-0.39, 0.29) is 23.8 Å². The summed E-state index contributed by atoms with van der Waals surface area (Å²) in [5, 5.41) is 4.70. The molecule has 0 aliphatic carbocycles. The molecule has 0 aliphatic heterocycles. The fourth-order valence-electron chi connectivity index (χ4n) is 3.46. The number of amides is 3. The Morgan fingerprint density at radius 2 is 1.73 bits per heavy atom. The zero-order valence-corrected chi connectivity index (χ0v) is 19.4. The monoisotopic (exact) mass is 454 g/mol. The lowest BCUT2D eigenvalue weighted by Gasteiger charge is -2.14. The lowest BCUT2D eigenvalue weighted by Crippen LogP contribution is -2.48. The summed E-state index contributed by atoms with van der Waals surface area (Å²) in [5.41, 5.74) is 0.103. The summed E-state index contributed by atoms with van der Waals surface area (Å²) in [7, 11) is 0. The molecule has 2 aromatic heterocycles. The first-order valence-electron chi connectivity index (χ1n) is 11.0. The first-order chi connectivity index (χ1) is 15.7. The highest BCUT2D eigenvalue weighted by Gasteiger charge is 2.21. The largest absolute Gasteiger partial charge is 0.336 e. The highest BCUT2D eigenvalue weighted by atomic mass is 16.2. The molecule has 3 amide bonds. The van der Waals surface area contributed by atoms with Gasteiger partial charge in [0.2, 0.25) is 5.91 Å². The van der Waals surface area contributed by atoms with Gasteiger partial charge < -0.3 is 9.88 Å². The summed E-state index contributed by atoms with van der Waals surface area (Å²) in [6.45, 7) is 7.82. The molecule has 10 nitrogen and oxygen atoms in total. The maximum Gasteiger partial charge on any atom is 0.333 e. The number of imide groups is 1. The van der Waals surface area contributed by atoms with Crippen molar-refractivity contribution in [3.05, 3.63) is 63.1 Å².